The minimum absolute atomic E-state index is 1.01. The third-order valence-corrected chi connectivity index (χ3v) is 2.71. The van der Waals surface area contributed by atoms with E-state index >= 15 is 0 Å². The molecule has 74 valence electrons. The van der Waals surface area contributed by atoms with E-state index < -0.39 is 0 Å². The summed E-state index contributed by atoms with van der Waals surface area (Å²) in [5.74, 6) is 1.01. The summed E-state index contributed by atoms with van der Waals surface area (Å²) in [6.45, 7) is 4.03. The number of fused-ring (bicyclic) bond motifs is 3. The zero-order valence-corrected chi connectivity index (χ0v) is 8.73. The number of benzene rings is 1. The molecule has 3 aromatic rings. The van der Waals surface area contributed by atoms with Crippen molar-refractivity contribution in [3.05, 3.63) is 42.0 Å². The summed E-state index contributed by atoms with van der Waals surface area (Å²) in [5, 5.41) is 0. The number of para-hydroxylation sites is 2. The van der Waals surface area contributed by atoms with Crippen LogP contribution >= 0.6 is 0 Å². The number of imidazole rings is 1. The van der Waals surface area contributed by atoms with Crippen molar-refractivity contribution in [3.8, 4) is 0 Å². The topological polar surface area (TPSA) is 30.2 Å². The third kappa shape index (κ3) is 1.06. The van der Waals surface area contributed by atoms with Gasteiger partial charge in [-0.25, -0.2) is 4.98 Å². The lowest BCUT2D eigenvalue weighted by Crippen LogP contribution is -1.92. The largest absolute Gasteiger partial charge is 0.293 e. The molecule has 1 aromatic carbocycles. The fourth-order valence-electron chi connectivity index (χ4n) is 2.03. The monoisotopic (exact) mass is 197 g/mol. The van der Waals surface area contributed by atoms with Gasteiger partial charge in [-0.05, 0) is 26.0 Å². The van der Waals surface area contributed by atoms with Crippen LogP contribution in [0.4, 0.5) is 0 Å². The van der Waals surface area contributed by atoms with Gasteiger partial charge in [-0.1, -0.05) is 12.1 Å². The molecule has 0 fully saturated rings. The fraction of sp³-hybridized carbons (Fsp3) is 0.167. The van der Waals surface area contributed by atoms with Crippen LogP contribution in [0.2, 0.25) is 0 Å². The molecule has 2 aromatic heterocycles. The summed E-state index contributed by atoms with van der Waals surface area (Å²) in [5.41, 5.74) is 4.25. The fourth-order valence-corrected chi connectivity index (χ4v) is 2.03. The van der Waals surface area contributed by atoms with Crippen molar-refractivity contribution >= 4 is 16.6 Å². The summed E-state index contributed by atoms with van der Waals surface area (Å²) < 4.78 is 2.15. The van der Waals surface area contributed by atoms with Crippen molar-refractivity contribution < 1.29 is 0 Å². The van der Waals surface area contributed by atoms with E-state index in [0.29, 0.717) is 0 Å². The molecular formula is C12H11N3. The van der Waals surface area contributed by atoms with E-state index in [9.17, 15) is 0 Å². The first-order valence-electron chi connectivity index (χ1n) is 4.97. The first-order valence-corrected chi connectivity index (χ1v) is 4.97. The molecular weight excluding hydrogens is 186 g/mol. The summed E-state index contributed by atoms with van der Waals surface area (Å²) in [6.07, 6.45) is 1.89. The van der Waals surface area contributed by atoms with Crippen LogP contribution < -0.4 is 0 Å². The highest BCUT2D eigenvalue weighted by molar-refractivity contribution is 5.78. The second-order valence-electron chi connectivity index (χ2n) is 3.71. The lowest BCUT2D eigenvalue weighted by atomic mass is 10.3. The molecule has 3 nitrogen and oxygen atoms in total. The van der Waals surface area contributed by atoms with Crippen LogP contribution in [0.3, 0.4) is 0 Å². The Morgan fingerprint density at radius 3 is 2.73 bits per heavy atom. The van der Waals surface area contributed by atoms with Crippen LogP contribution in [0.5, 0.6) is 0 Å². The third-order valence-electron chi connectivity index (χ3n) is 2.71. The lowest BCUT2D eigenvalue weighted by molar-refractivity contribution is 1.06. The van der Waals surface area contributed by atoms with Crippen molar-refractivity contribution in [2.45, 2.75) is 13.8 Å². The van der Waals surface area contributed by atoms with Gasteiger partial charge >= 0.3 is 0 Å². The molecule has 0 saturated heterocycles. The Labute approximate surface area is 87.4 Å². The molecule has 0 saturated carbocycles. The molecule has 0 aliphatic carbocycles. The number of aryl methyl sites for hydroxylation is 2. The van der Waals surface area contributed by atoms with E-state index in [1.54, 1.807) is 0 Å². The molecule has 0 N–H and O–H groups in total. The Hall–Kier alpha value is -1.90. The molecule has 3 heteroatoms. The van der Waals surface area contributed by atoms with Crippen LogP contribution in [-0.4, -0.2) is 14.4 Å². The molecule has 3 rings (SSSR count). The van der Waals surface area contributed by atoms with Gasteiger partial charge in [0.25, 0.3) is 0 Å². The van der Waals surface area contributed by atoms with E-state index in [0.717, 1.165) is 28.1 Å². The van der Waals surface area contributed by atoms with Gasteiger partial charge < -0.3 is 0 Å². The number of hydrogen-bond donors (Lipinski definition) is 0. The highest BCUT2D eigenvalue weighted by atomic mass is 15.0. The Bertz CT molecular complexity index is 652. The normalized spacial score (nSPS) is 11.3. The maximum Gasteiger partial charge on any atom is 0.111 e. The van der Waals surface area contributed by atoms with Crippen molar-refractivity contribution in [1.82, 2.24) is 14.4 Å². The first-order chi connectivity index (χ1) is 7.27. The van der Waals surface area contributed by atoms with Crippen LogP contribution in [-0.2, 0) is 0 Å². The highest BCUT2D eigenvalue weighted by Gasteiger charge is 2.07. The quantitative estimate of drug-likeness (QED) is 0.554. The molecule has 0 bridgehead atoms. The van der Waals surface area contributed by atoms with Crippen LogP contribution in [0.15, 0.2) is 30.5 Å². The smallest absolute Gasteiger partial charge is 0.111 e. The zero-order valence-electron chi connectivity index (χ0n) is 8.73. The van der Waals surface area contributed by atoms with Gasteiger partial charge in [-0.2, -0.15) is 0 Å². The Kier molecular flexibility index (Phi) is 1.57. The second kappa shape index (κ2) is 2.79. The molecule has 0 spiro atoms. The maximum atomic E-state index is 4.46. The number of nitrogens with zero attached hydrogens (tertiary/aromatic N) is 3. The average molecular weight is 197 g/mol. The molecule has 0 aliphatic rings. The standard InChI is InChI=1S/C12H11N3/c1-8-12-7-13-10-5-3-4-6-11(10)15(12)9(2)14-8/h3-7H,1-2H3. The maximum absolute atomic E-state index is 4.46. The highest BCUT2D eigenvalue weighted by Crippen LogP contribution is 2.18. The number of rotatable bonds is 0. The molecule has 0 radical (unpaired) electrons. The van der Waals surface area contributed by atoms with Gasteiger partial charge in [-0.15, -0.1) is 0 Å². The number of hydrogen-bond acceptors (Lipinski definition) is 2. The van der Waals surface area contributed by atoms with Crippen LogP contribution in [0.1, 0.15) is 11.5 Å². The minimum Gasteiger partial charge on any atom is -0.293 e. The summed E-state index contributed by atoms with van der Waals surface area (Å²) in [7, 11) is 0. The van der Waals surface area contributed by atoms with Crippen molar-refractivity contribution in [3.63, 3.8) is 0 Å². The van der Waals surface area contributed by atoms with Gasteiger partial charge in [0, 0.05) is 0 Å². The van der Waals surface area contributed by atoms with Gasteiger partial charge in [0.1, 0.15) is 5.82 Å². The minimum atomic E-state index is 1.01. The first kappa shape index (κ1) is 8.41. The van der Waals surface area contributed by atoms with Gasteiger partial charge in [0.15, 0.2) is 0 Å². The van der Waals surface area contributed by atoms with Gasteiger partial charge in [0.05, 0.1) is 28.4 Å². The van der Waals surface area contributed by atoms with Crippen molar-refractivity contribution in [2.75, 3.05) is 0 Å². The van der Waals surface area contributed by atoms with E-state index in [2.05, 4.69) is 20.4 Å². The molecule has 15 heavy (non-hydrogen) atoms. The van der Waals surface area contributed by atoms with E-state index in [4.69, 9.17) is 0 Å². The van der Waals surface area contributed by atoms with Crippen LogP contribution in [0, 0.1) is 13.8 Å². The van der Waals surface area contributed by atoms with Crippen LogP contribution in [0.25, 0.3) is 16.6 Å². The van der Waals surface area contributed by atoms with Crippen molar-refractivity contribution in [1.29, 1.82) is 0 Å². The van der Waals surface area contributed by atoms with Gasteiger partial charge in [0.2, 0.25) is 0 Å². The number of aromatic nitrogens is 3. The molecule has 2 heterocycles. The average Bonchev–Trinajstić information content (AvgIpc) is 2.55. The summed E-state index contributed by atoms with van der Waals surface area (Å²) in [6, 6.07) is 8.12. The molecule has 0 atom stereocenters. The SMILES string of the molecule is Cc1nc(C)n2c1cnc1ccccc12. The van der Waals surface area contributed by atoms with Crippen molar-refractivity contribution in [2.24, 2.45) is 0 Å². The zero-order chi connectivity index (χ0) is 10.4. The van der Waals surface area contributed by atoms with E-state index in [1.807, 2.05) is 38.2 Å². The lowest BCUT2D eigenvalue weighted by Gasteiger charge is -2.02. The van der Waals surface area contributed by atoms with Gasteiger partial charge in [-0.3, -0.25) is 9.38 Å². The predicted molar refractivity (Wildman–Crippen MR) is 60.0 cm³/mol. The predicted octanol–water partition coefficient (Wildman–Crippen LogP) is 2.50. The summed E-state index contributed by atoms with van der Waals surface area (Å²) in [4.78, 5) is 8.89. The summed E-state index contributed by atoms with van der Waals surface area (Å²) >= 11 is 0. The van der Waals surface area contributed by atoms with E-state index in [1.165, 1.54) is 0 Å². The Morgan fingerprint density at radius 1 is 1.07 bits per heavy atom. The Balaban J connectivity index is 2.64. The molecule has 0 amide bonds. The molecule has 0 aliphatic heterocycles. The Morgan fingerprint density at radius 2 is 1.87 bits per heavy atom. The second-order valence-corrected chi connectivity index (χ2v) is 3.71. The molecule has 0 unspecified atom stereocenters. The van der Waals surface area contributed by atoms with E-state index in [-0.39, 0.29) is 0 Å².